The van der Waals surface area contributed by atoms with Gasteiger partial charge < -0.3 is 21.1 Å². The van der Waals surface area contributed by atoms with Gasteiger partial charge in [-0.15, -0.1) is 0 Å². The van der Waals surface area contributed by atoms with Crippen molar-refractivity contribution in [2.45, 2.75) is 0 Å². The summed E-state index contributed by atoms with van der Waals surface area (Å²) in [5.41, 5.74) is 6.58. The monoisotopic (exact) mass is 386 g/mol. The summed E-state index contributed by atoms with van der Waals surface area (Å²) >= 11 is 5.86. The van der Waals surface area contributed by atoms with E-state index in [9.17, 15) is 10.1 Å². The molecule has 0 unspecified atom stereocenters. The van der Waals surface area contributed by atoms with Gasteiger partial charge in [-0.2, -0.15) is 9.97 Å². The van der Waals surface area contributed by atoms with Gasteiger partial charge >= 0.3 is 5.69 Å². The molecule has 1 heterocycles. The molecular weight excluding hydrogens is 372 g/mol. The van der Waals surface area contributed by atoms with Crippen molar-refractivity contribution in [3.05, 3.63) is 63.7 Å². The van der Waals surface area contributed by atoms with Crippen LogP contribution in [0.4, 0.5) is 34.6 Å². The van der Waals surface area contributed by atoms with Gasteiger partial charge in [0.25, 0.3) is 0 Å². The number of hydrogen-bond acceptors (Lipinski definition) is 8. The van der Waals surface area contributed by atoms with Gasteiger partial charge in [0.1, 0.15) is 5.75 Å². The molecule has 9 nitrogen and oxygen atoms in total. The quantitative estimate of drug-likeness (QED) is 0.426. The van der Waals surface area contributed by atoms with Crippen molar-refractivity contribution in [3.8, 4) is 5.75 Å². The summed E-state index contributed by atoms with van der Waals surface area (Å²) in [6.45, 7) is 0. The smallest absolute Gasteiger partial charge is 0.353 e. The minimum Gasteiger partial charge on any atom is -0.497 e. The van der Waals surface area contributed by atoms with E-state index < -0.39 is 10.6 Å². The van der Waals surface area contributed by atoms with Gasteiger partial charge in [-0.3, -0.25) is 10.1 Å². The number of methoxy groups -OCH3 is 1. The number of nitro groups is 1. The molecule has 2 aromatic carbocycles. The maximum atomic E-state index is 11.4. The molecule has 0 fully saturated rings. The summed E-state index contributed by atoms with van der Waals surface area (Å²) < 4.78 is 5.16. The molecule has 3 rings (SSSR count). The number of nitrogens with zero attached hydrogens (tertiary/aromatic N) is 3. The third-order valence-corrected chi connectivity index (χ3v) is 3.78. The fraction of sp³-hybridized carbons (Fsp3) is 0.0588. The van der Waals surface area contributed by atoms with Crippen molar-refractivity contribution in [2.24, 2.45) is 0 Å². The van der Waals surface area contributed by atoms with E-state index in [4.69, 9.17) is 22.1 Å². The second-order valence-electron chi connectivity index (χ2n) is 5.38. The van der Waals surface area contributed by atoms with Crippen molar-refractivity contribution in [3.63, 3.8) is 0 Å². The van der Waals surface area contributed by atoms with Crippen LogP contribution >= 0.6 is 11.6 Å². The Bertz CT molecular complexity index is 981. The van der Waals surface area contributed by atoms with Crippen molar-refractivity contribution >= 4 is 46.2 Å². The zero-order valence-corrected chi connectivity index (χ0v) is 14.9. The molecule has 0 spiro atoms. The van der Waals surface area contributed by atoms with E-state index in [1.165, 1.54) is 0 Å². The molecule has 0 aliphatic rings. The highest BCUT2D eigenvalue weighted by molar-refractivity contribution is 6.30. The number of ether oxygens (including phenoxy) is 1. The van der Waals surface area contributed by atoms with E-state index >= 15 is 0 Å². The Morgan fingerprint density at radius 2 is 1.85 bits per heavy atom. The predicted molar refractivity (Wildman–Crippen MR) is 104 cm³/mol. The molecule has 0 atom stereocenters. The van der Waals surface area contributed by atoms with Crippen LogP contribution in [0.15, 0.2) is 48.5 Å². The Kier molecular flexibility index (Phi) is 5.23. The SMILES string of the molecule is COc1cccc(Nc2nc(N)c([N+](=O)[O-])c(Nc3ccc(Cl)cc3)n2)c1. The summed E-state index contributed by atoms with van der Waals surface area (Å²) in [5.74, 6) is 0.425. The molecule has 10 heteroatoms. The van der Waals surface area contributed by atoms with Crippen LogP contribution in [0.5, 0.6) is 5.75 Å². The molecule has 138 valence electrons. The zero-order valence-electron chi connectivity index (χ0n) is 14.1. The standard InChI is InChI=1S/C17H15ClN6O3/c1-27-13-4-2-3-12(9-13)21-17-22-15(19)14(24(25)26)16(23-17)20-11-7-5-10(18)6-8-11/h2-9H,1H3,(H4,19,20,21,22,23). The molecule has 0 amide bonds. The van der Waals surface area contributed by atoms with E-state index in [0.29, 0.717) is 22.1 Å². The van der Waals surface area contributed by atoms with Crippen LogP contribution in [-0.4, -0.2) is 22.0 Å². The van der Waals surface area contributed by atoms with E-state index in [0.717, 1.165) is 0 Å². The molecule has 0 saturated carbocycles. The van der Waals surface area contributed by atoms with Crippen LogP contribution in [0, 0.1) is 10.1 Å². The molecule has 0 aliphatic carbocycles. The Morgan fingerprint density at radius 1 is 1.11 bits per heavy atom. The number of hydrogen-bond donors (Lipinski definition) is 3. The summed E-state index contributed by atoms with van der Waals surface area (Å²) in [7, 11) is 1.55. The summed E-state index contributed by atoms with van der Waals surface area (Å²) in [6.07, 6.45) is 0. The first kappa shape index (κ1) is 18.2. The van der Waals surface area contributed by atoms with Gasteiger partial charge in [0.2, 0.25) is 17.6 Å². The number of nitrogens with one attached hydrogen (secondary N) is 2. The number of anilines is 5. The molecule has 27 heavy (non-hydrogen) atoms. The van der Waals surface area contributed by atoms with Crippen molar-refractivity contribution in [1.82, 2.24) is 9.97 Å². The number of benzene rings is 2. The normalized spacial score (nSPS) is 10.3. The average molecular weight is 387 g/mol. The van der Waals surface area contributed by atoms with Gasteiger partial charge in [0.15, 0.2) is 0 Å². The number of rotatable bonds is 6. The second kappa shape index (κ2) is 7.75. The highest BCUT2D eigenvalue weighted by Crippen LogP contribution is 2.32. The third-order valence-electron chi connectivity index (χ3n) is 3.53. The molecule has 0 radical (unpaired) electrons. The topological polar surface area (TPSA) is 128 Å². The van der Waals surface area contributed by atoms with Gasteiger partial charge in [-0.25, -0.2) is 0 Å². The summed E-state index contributed by atoms with van der Waals surface area (Å²) in [6, 6.07) is 13.7. The molecule has 3 aromatic rings. The summed E-state index contributed by atoms with van der Waals surface area (Å²) in [5, 5.41) is 17.8. The Morgan fingerprint density at radius 3 is 2.52 bits per heavy atom. The molecule has 0 aliphatic heterocycles. The first-order chi connectivity index (χ1) is 13.0. The largest absolute Gasteiger partial charge is 0.497 e. The molecule has 4 N–H and O–H groups in total. The van der Waals surface area contributed by atoms with E-state index in [2.05, 4.69) is 20.6 Å². The first-order valence-corrected chi connectivity index (χ1v) is 8.09. The lowest BCUT2D eigenvalue weighted by Gasteiger charge is -2.11. The van der Waals surface area contributed by atoms with Crippen molar-refractivity contribution in [1.29, 1.82) is 0 Å². The summed E-state index contributed by atoms with van der Waals surface area (Å²) in [4.78, 5) is 18.9. The zero-order chi connectivity index (χ0) is 19.4. The minimum atomic E-state index is -0.636. The number of halogens is 1. The van der Waals surface area contributed by atoms with Crippen LogP contribution in [0.2, 0.25) is 5.02 Å². The Balaban J connectivity index is 1.97. The average Bonchev–Trinajstić information content (AvgIpc) is 2.63. The first-order valence-electron chi connectivity index (χ1n) is 7.72. The minimum absolute atomic E-state index is 0.0415. The van der Waals surface area contributed by atoms with E-state index in [1.54, 1.807) is 55.6 Å². The Hall–Kier alpha value is -3.59. The van der Waals surface area contributed by atoms with Crippen LogP contribution < -0.4 is 21.1 Å². The van der Waals surface area contributed by atoms with Gasteiger partial charge in [-0.1, -0.05) is 17.7 Å². The van der Waals surface area contributed by atoms with E-state index in [1.807, 2.05) is 0 Å². The molecule has 1 aromatic heterocycles. The Labute approximate surface area is 159 Å². The maximum Gasteiger partial charge on any atom is 0.353 e. The lowest BCUT2D eigenvalue weighted by Crippen LogP contribution is -2.08. The lowest BCUT2D eigenvalue weighted by atomic mass is 10.3. The van der Waals surface area contributed by atoms with Crippen LogP contribution in [0.1, 0.15) is 0 Å². The molecule has 0 bridgehead atoms. The second-order valence-corrected chi connectivity index (χ2v) is 5.81. The van der Waals surface area contributed by atoms with Crippen molar-refractivity contribution in [2.75, 3.05) is 23.5 Å². The highest BCUT2D eigenvalue weighted by atomic mass is 35.5. The molecular formula is C17H15ClN6O3. The van der Waals surface area contributed by atoms with Gasteiger partial charge in [-0.05, 0) is 36.4 Å². The van der Waals surface area contributed by atoms with Crippen molar-refractivity contribution < 1.29 is 9.66 Å². The van der Waals surface area contributed by atoms with Crippen LogP contribution in [0.3, 0.4) is 0 Å². The fourth-order valence-electron chi connectivity index (χ4n) is 2.30. The lowest BCUT2D eigenvalue weighted by molar-refractivity contribution is -0.383. The predicted octanol–water partition coefficient (Wildman–Crippen LogP) is 4.12. The van der Waals surface area contributed by atoms with Crippen LogP contribution in [-0.2, 0) is 0 Å². The number of aromatic nitrogens is 2. The molecule has 0 saturated heterocycles. The van der Waals surface area contributed by atoms with Gasteiger partial charge in [0, 0.05) is 22.5 Å². The highest BCUT2D eigenvalue weighted by Gasteiger charge is 2.23. The van der Waals surface area contributed by atoms with Crippen LogP contribution in [0.25, 0.3) is 0 Å². The van der Waals surface area contributed by atoms with Gasteiger partial charge in [0.05, 0.1) is 12.0 Å². The fourth-order valence-corrected chi connectivity index (χ4v) is 2.42. The number of nitrogens with two attached hydrogens (primary N) is 1. The number of nitrogen functional groups attached to an aromatic ring is 1. The maximum absolute atomic E-state index is 11.4. The third kappa shape index (κ3) is 4.33. The van der Waals surface area contributed by atoms with E-state index in [-0.39, 0.29) is 17.6 Å².